The predicted molar refractivity (Wildman–Crippen MR) is 66.5 cm³/mol. The molecular weight excluding hydrogens is 228 g/mol. The van der Waals surface area contributed by atoms with Crippen LogP contribution < -0.4 is 0 Å². The maximum Gasteiger partial charge on any atom is 0.159 e. The number of aliphatic hydroxyl groups is 1. The average molecular weight is 238 g/mol. The molecule has 0 atom stereocenters. The fraction of sp³-hybridized carbons (Fsp3) is 0.0769. The van der Waals surface area contributed by atoms with Crippen LogP contribution in [-0.2, 0) is 6.61 Å². The highest BCUT2D eigenvalue weighted by Gasteiger charge is 2.03. The zero-order valence-corrected chi connectivity index (χ0v) is 9.48. The van der Waals surface area contributed by atoms with Crippen LogP contribution >= 0.6 is 0 Å². The summed E-state index contributed by atoms with van der Waals surface area (Å²) in [5.74, 6) is 0.611. The second-order valence-corrected chi connectivity index (χ2v) is 3.83. The first-order valence-electron chi connectivity index (χ1n) is 5.50. The minimum Gasteiger partial charge on any atom is -0.392 e. The van der Waals surface area contributed by atoms with Gasteiger partial charge < -0.3 is 5.11 Å². The van der Waals surface area contributed by atoms with Crippen LogP contribution in [0, 0.1) is 0 Å². The molecule has 2 aromatic heterocycles. The molecule has 3 aromatic rings. The van der Waals surface area contributed by atoms with Gasteiger partial charge in [-0.1, -0.05) is 0 Å². The summed E-state index contributed by atoms with van der Waals surface area (Å²) in [5, 5.41) is 8.94. The molecule has 2 heterocycles. The fourth-order valence-corrected chi connectivity index (χ4v) is 1.69. The summed E-state index contributed by atoms with van der Waals surface area (Å²) in [7, 11) is 0. The molecular formula is C13H10N4O. The molecule has 0 unspecified atom stereocenters. The molecule has 0 saturated carbocycles. The molecule has 0 amide bonds. The van der Waals surface area contributed by atoms with Crippen LogP contribution in [0.25, 0.3) is 22.4 Å². The van der Waals surface area contributed by atoms with Crippen LogP contribution in [0.4, 0.5) is 0 Å². The average Bonchev–Trinajstić information content (AvgIpc) is 2.47. The number of aliphatic hydroxyl groups excluding tert-OH is 1. The number of hydrogen-bond acceptors (Lipinski definition) is 5. The smallest absolute Gasteiger partial charge is 0.159 e. The van der Waals surface area contributed by atoms with E-state index in [-0.39, 0.29) is 6.61 Å². The van der Waals surface area contributed by atoms with E-state index in [9.17, 15) is 0 Å². The predicted octanol–water partition coefficient (Wildman–Crippen LogP) is 1.58. The van der Waals surface area contributed by atoms with Crippen molar-refractivity contribution in [2.75, 3.05) is 0 Å². The summed E-state index contributed by atoms with van der Waals surface area (Å²) >= 11 is 0. The number of fused-ring (bicyclic) bond motifs is 1. The third-order valence-corrected chi connectivity index (χ3v) is 2.62. The summed E-state index contributed by atoms with van der Waals surface area (Å²) in [6.45, 7) is -0.0521. The standard InChI is InChI=1S/C13H10N4O/c18-8-9-6-16-13(17-7-9)10-1-2-11-12(5-10)15-4-3-14-11/h1-7,18H,8H2. The van der Waals surface area contributed by atoms with Crippen molar-refractivity contribution in [3.05, 3.63) is 48.5 Å². The Hall–Kier alpha value is -2.40. The van der Waals surface area contributed by atoms with Crippen LogP contribution in [0.3, 0.4) is 0 Å². The molecule has 0 aliphatic rings. The van der Waals surface area contributed by atoms with E-state index in [4.69, 9.17) is 5.11 Å². The van der Waals surface area contributed by atoms with Crippen molar-refractivity contribution in [2.24, 2.45) is 0 Å². The highest BCUT2D eigenvalue weighted by atomic mass is 16.3. The number of nitrogens with zero attached hydrogens (tertiary/aromatic N) is 4. The second kappa shape index (κ2) is 4.46. The first-order valence-corrected chi connectivity index (χ1v) is 5.50. The first kappa shape index (κ1) is 10.7. The molecule has 0 aliphatic heterocycles. The fourth-order valence-electron chi connectivity index (χ4n) is 1.69. The van der Waals surface area contributed by atoms with Crippen LogP contribution in [-0.4, -0.2) is 25.0 Å². The van der Waals surface area contributed by atoms with Crippen LogP contribution in [0.1, 0.15) is 5.56 Å². The molecule has 18 heavy (non-hydrogen) atoms. The van der Waals surface area contributed by atoms with E-state index in [1.165, 1.54) is 0 Å². The third-order valence-electron chi connectivity index (χ3n) is 2.62. The zero-order valence-electron chi connectivity index (χ0n) is 9.48. The Morgan fingerprint density at radius 3 is 2.33 bits per heavy atom. The summed E-state index contributed by atoms with van der Waals surface area (Å²) in [4.78, 5) is 16.9. The Balaban J connectivity index is 2.07. The zero-order chi connectivity index (χ0) is 12.4. The SMILES string of the molecule is OCc1cnc(-c2ccc3nccnc3c2)nc1. The van der Waals surface area contributed by atoms with Gasteiger partial charge in [0, 0.05) is 35.9 Å². The Labute approximate surface area is 103 Å². The number of aromatic nitrogens is 4. The van der Waals surface area contributed by atoms with Crippen LogP contribution in [0.2, 0.25) is 0 Å². The maximum atomic E-state index is 8.94. The van der Waals surface area contributed by atoms with Crippen molar-refractivity contribution < 1.29 is 5.11 Å². The van der Waals surface area contributed by atoms with Gasteiger partial charge in [0.05, 0.1) is 17.6 Å². The van der Waals surface area contributed by atoms with Gasteiger partial charge in [-0.05, 0) is 18.2 Å². The van der Waals surface area contributed by atoms with E-state index >= 15 is 0 Å². The molecule has 0 bridgehead atoms. The van der Waals surface area contributed by atoms with Gasteiger partial charge in [0.1, 0.15) is 0 Å². The molecule has 0 saturated heterocycles. The lowest BCUT2D eigenvalue weighted by Gasteiger charge is -2.02. The van der Waals surface area contributed by atoms with Crippen molar-refractivity contribution in [1.29, 1.82) is 0 Å². The lowest BCUT2D eigenvalue weighted by molar-refractivity contribution is 0.281. The summed E-state index contributed by atoms with van der Waals surface area (Å²) in [5.41, 5.74) is 3.23. The molecule has 0 radical (unpaired) electrons. The van der Waals surface area contributed by atoms with Crippen molar-refractivity contribution in [1.82, 2.24) is 19.9 Å². The van der Waals surface area contributed by atoms with E-state index in [0.717, 1.165) is 16.6 Å². The lowest BCUT2D eigenvalue weighted by atomic mass is 10.2. The van der Waals surface area contributed by atoms with Gasteiger partial charge in [-0.3, -0.25) is 9.97 Å². The van der Waals surface area contributed by atoms with E-state index < -0.39 is 0 Å². The minimum atomic E-state index is -0.0521. The van der Waals surface area contributed by atoms with E-state index in [1.807, 2.05) is 18.2 Å². The van der Waals surface area contributed by atoms with Crippen molar-refractivity contribution in [3.8, 4) is 11.4 Å². The quantitative estimate of drug-likeness (QED) is 0.733. The van der Waals surface area contributed by atoms with Gasteiger partial charge in [0.2, 0.25) is 0 Å². The molecule has 88 valence electrons. The Bertz CT molecular complexity index is 682. The number of rotatable bonds is 2. The largest absolute Gasteiger partial charge is 0.392 e. The number of hydrogen-bond donors (Lipinski definition) is 1. The van der Waals surface area contributed by atoms with Gasteiger partial charge in [-0.2, -0.15) is 0 Å². The topological polar surface area (TPSA) is 71.8 Å². The van der Waals surface area contributed by atoms with Crippen molar-refractivity contribution in [3.63, 3.8) is 0 Å². The summed E-state index contributed by atoms with van der Waals surface area (Å²) in [6, 6.07) is 5.70. The van der Waals surface area contributed by atoms with Gasteiger partial charge in [-0.15, -0.1) is 0 Å². The van der Waals surface area contributed by atoms with Crippen LogP contribution in [0.5, 0.6) is 0 Å². The van der Waals surface area contributed by atoms with Gasteiger partial charge >= 0.3 is 0 Å². The molecule has 0 fully saturated rings. The molecule has 0 spiro atoms. The lowest BCUT2D eigenvalue weighted by Crippen LogP contribution is -1.92. The highest BCUT2D eigenvalue weighted by Crippen LogP contribution is 2.18. The molecule has 0 aliphatic carbocycles. The molecule has 1 N–H and O–H groups in total. The summed E-state index contributed by atoms with van der Waals surface area (Å²) in [6.07, 6.45) is 6.54. The Kier molecular flexibility index (Phi) is 2.66. The Morgan fingerprint density at radius 2 is 1.61 bits per heavy atom. The second-order valence-electron chi connectivity index (χ2n) is 3.83. The molecule has 3 rings (SSSR count). The normalized spacial score (nSPS) is 10.7. The van der Waals surface area contributed by atoms with Crippen molar-refractivity contribution in [2.45, 2.75) is 6.61 Å². The molecule has 5 heteroatoms. The van der Waals surface area contributed by atoms with Crippen molar-refractivity contribution >= 4 is 11.0 Å². The first-order chi connectivity index (χ1) is 8.86. The maximum absolute atomic E-state index is 8.94. The van der Waals surface area contributed by atoms with Gasteiger partial charge in [0.25, 0.3) is 0 Å². The summed E-state index contributed by atoms with van der Waals surface area (Å²) < 4.78 is 0. The highest BCUT2D eigenvalue weighted by molar-refractivity contribution is 5.79. The van der Waals surface area contributed by atoms with E-state index in [1.54, 1.807) is 24.8 Å². The van der Waals surface area contributed by atoms with Gasteiger partial charge in [0.15, 0.2) is 5.82 Å². The van der Waals surface area contributed by atoms with E-state index in [2.05, 4.69) is 19.9 Å². The molecule has 5 nitrogen and oxygen atoms in total. The molecule has 1 aromatic carbocycles. The minimum absolute atomic E-state index is 0.0521. The third kappa shape index (κ3) is 1.91. The van der Waals surface area contributed by atoms with Gasteiger partial charge in [-0.25, -0.2) is 9.97 Å². The Morgan fingerprint density at radius 1 is 0.889 bits per heavy atom. The number of benzene rings is 1. The van der Waals surface area contributed by atoms with Crippen LogP contribution in [0.15, 0.2) is 43.0 Å². The van der Waals surface area contributed by atoms with E-state index in [0.29, 0.717) is 11.4 Å². The monoisotopic (exact) mass is 238 g/mol.